The van der Waals surface area contributed by atoms with Gasteiger partial charge in [-0.3, -0.25) is 4.79 Å². The van der Waals surface area contributed by atoms with Crippen LogP contribution in [-0.4, -0.2) is 16.0 Å². The highest BCUT2D eigenvalue weighted by Gasteiger charge is 2.12. The Bertz CT molecular complexity index is 896. The van der Waals surface area contributed by atoms with Crippen LogP contribution in [0.15, 0.2) is 47.0 Å². The largest absolute Gasteiger partial charge is 0.343 e. The molecule has 5 nitrogen and oxygen atoms in total. The van der Waals surface area contributed by atoms with Gasteiger partial charge in [0.1, 0.15) is 0 Å². The molecule has 0 unspecified atom stereocenters. The quantitative estimate of drug-likeness (QED) is 0.714. The van der Waals surface area contributed by atoms with E-state index in [9.17, 15) is 4.79 Å². The van der Waals surface area contributed by atoms with E-state index in [1.807, 2.05) is 6.07 Å². The van der Waals surface area contributed by atoms with Gasteiger partial charge in [-0.2, -0.15) is 4.98 Å². The minimum absolute atomic E-state index is 0.0899. The fourth-order valence-electron chi connectivity index (χ4n) is 1.97. The smallest absolute Gasteiger partial charge is 0.251 e. The molecule has 1 N–H and O–H groups in total. The van der Waals surface area contributed by atoms with Gasteiger partial charge >= 0.3 is 0 Å². The number of carbonyl (C=O) groups is 1. The average molecular weight is 383 g/mol. The summed E-state index contributed by atoms with van der Waals surface area (Å²) in [6.07, 6.45) is 0. The van der Waals surface area contributed by atoms with Gasteiger partial charge in [-0.1, -0.05) is 52.1 Å². The van der Waals surface area contributed by atoms with Gasteiger partial charge in [0.15, 0.2) is 0 Å². The Kier molecular flexibility index (Phi) is 5.04. The van der Waals surface area contributed by atoms with Crippen molar-refractivity contribution < 1.29 is 9.32 Å². The molecule has 0 fully saturated rings. The number of nitrogens with zero attached hydrogens (tertiary/aromatic N) is 2. The van der Waals surface area contributed by atoms with E-state index in [0.717, 1.165) is 5.56 Å². The van der Waals surface area contributed by atoms with Gasteiger partial charge in [0, 0.05) is 16.1 Å². The highest BCUT2D eigenvalue weighted by atomic mass is 35.5. The summed E-state index contributed by atoms with van der Waals surface area (Å²) in [5, 5.41) is 7.82. The normalized spacial score (nSPS) is 10.6. The maximum Gasteiger partial charge on any atom is 0.251 e. The number of rotatable bonds is 4. The van der Waals surface area contributed by atoms with Crippen LogP contribution in [0.5, 0.6) is 0 Å². The van der Waals surface area contributed by atoms with Gasteiger partial charge in [-0.15, -0.1) is 0 Å². The second kappa shape index (κ2) is 7.21. The number of hydrogen-bond acceptors (Lipinski definition) is 4. The lowest BCUT2D eigenvalue weighted by Gasteiger charge is -2.03. The van der Waals surface area contributed by atoms with Crippen molar-refractivity contribution in [2.45, 2.75) is 6.54 Å². The van der Waals surface area contributed by atoms with Gasteiger partial charge in [0.05, 0.1) is 16.6 Å². The van der Waals surface area contributed by atoms with Crippen molar-refractivity contribution >= 4 is 40.7 Å². The summed E-state index contributed by atoms with van der Waals surface area (Å²) in [7, 11) is 0. The van der Waals surface area contributed by atoms with Gasteiger partial charge < -0.3 is 9.84 Å². The van der Waals surface area contributed by atoms with Crippen LogP contribution in [0.4, 0.5) is 0 Å². The molecule has 122 valence electrons. The second-order valence-electron chi connectivity index (χ2n) is 4.83. The van der Waals surface area contributed by atoms with Crippen molar-refractivity contribution in [2.75, 3.05) is 0 Å². The third-order valence-electron chi connectivity index (χ3n) is 3.13. The summed E-state index contributed by atoms with van der Waals surface area (Å²) in [5.41, 5.74) is 1.12. The van der Waals surface area contributed by atoms with E-state index in [4.69, 9.17) is 39.3 Å². The lowest BCUT2D eigenvalue weighted by Crippen LogP contribution is -2.22. The molecule has 2 aromatic carbocycles. The van der Waals surface area contributed by atoms with Gasteiger partial charge in [-0.05, 0) is 30.3 Å². The number of benzene rings is 2. The van der Waals surface area contributed by atoms with Crippen molar-refractivity contribution in [3.05, 3.63) is 69.0 Å². The fourth-order valence-corrected chi connectivity index (χ4v) is 2.46. The van der Waals surface area contributed by atoms with E-state index >= 15 is 0 Å². The molecule has 0 spiro atoms. The number of halogens is 3. The minimum atomic E-state index is -0.323. The maximum atomic E-state index is 12.1. The summed E-state index contributed by atoms with van der Waals surface area (Å²) in [4.78, 5) is 16.3. The molecule has 3 rings (SSSR count). The number of aromatic nitrogens is 2. The Morgan fingerprint density at radius 3 is 2.67 bits per heavy atom. The van der Waals surface area contributed by atoms with Crippen LogP contribution in [0.3, 0.4) is 0 Å². The summed E-state index contributed by atoms with van der Waals surface area (Å²) in [6, 6.07) is 11.7. The molecule has 0 saturated carbocycles. The molecule has 0 aliphatic carbocycles. The Balaban J connectivity index is 1.67. The molecule has 0 radical (unpaired) electrons. The zero-order valence-corrected chi connectivity index (χ0v) is 14.4. The molecule has 3 aromatic rings. The van der Waals surface area contributed by atoms with Crippen LogP contribution in [0, 0.1) is 0 Å². The first-order valence-corrected chi connectivity index (χ1v) is 7.98. The van der Waals surface area contributed by atoms with E-state index in [-0.39, 0.29) is 18.3 Å². The lowest BCUT2D eigenvalue weighted by molar-refractivity contribution is 0.0946. The first-order chi connectivity index (χ1) is 11.5. The number of amides is 1. The summed E-state index contributed by atoms with van der Waals surface area (Å²) in [6.45, 7) is 0.0899. The maximum absolute atomic E-state index is 12.1. The van der Waals surface area contributed by atoms with Crippen LogP contribution in [-0.2, 0) is 6.54 Å². The summed E-state index contributed by atoms with van der Waals surface area (Å²) < 4.78 is 5.12. The molecule has 0 atom stereocenters. The second-order valence-corrected chi connectivity index (χ2v) is 6.08. The van der Waals surface area contributed by atoms with Crippen LogP contribution in [0.2, 0.25) is 15.1 Å². The Hall–Kier alpha value is -2.08. The van der Waals surface area contributed by atoms with Crippen LogP contribution in [0.1, 0.15) is 16.2 Å². The average Bonchev–Trinajstić information content (AvgIpc) is 3.04. The van der Waals surface area contributed by atoms with E-state index in [1.54, 1.807) is 30.3 Å². The highest BCUT2D eigenvalue weighted by molar-refractivity contribution is 6.42. The van der Waals surface area contributed by atoms with Crippen LogP contribution in [0.25, 0.3) is 11.4 Å². The van der Waals surface area contributed by atoms with Gasteiger partial charge in [0.25, 0.3) is 5.91 Å². The molecular weight excluding hydrogens is 373 g/mol. The van der Waals surface area contributed by atoms with Crippen molar-refractivity contribution in [3.8, 4) is 11.4 Å². The first-order valence-electron chi connectivity index (χ1n) is 6.85. The standard InChI is InChI=1S/C16H10Cl3N3O2/c17-11-3-1-2-9(6-11)15-21-14(24-22-15)8-20-16(23)10-4-5-12(18)13(19)7-10/h1-7H,8H2,(H,20,23). The summed E-state index contributed by atoms with van der Waals surface area (Å²) >= 11 is 17.7. The zero-order valence-electron chi connectivity index (χ0n) is 12.1. The molecule has 0 aliphatic rings. The fraction of sp³-hybridized carbons (Fsp3) is 0.0625. The van der Waals surface area contributed by atoms with E-state index in [0.29, 0.717) is 26.5 Å². The SMILES string of the molecule is O=C(NCc1nc(-c2cccc(Cl)c2)no1)c1ccc(Cl)c(Cl)c1. The molecule has 0 saturated heterocycles. The van der Waals surface area contributed by atoms with E-state index in [1.165, 1.54) is 6.07 Å². The Morgan fingerprint density at radius 1 is 1.08 bits per heavy atom. The van der Waals surface area contributed by atoms with Crippen molar-refractivity contribution in [1.29, 1.82) is 0 Å². The van der Waals surface area contributed by atoms with Gasteiger partial charge in [-0.25, -0.2) is 0 Å². The van der Waals surface area contributed by atoms with E-state index in [2.05, 4.69) is 15.5 Å². The van der Waals surface area contributed by atoms with Gasteiger partial charge in [0.2, 0.25) is 11.7 Å². The van der Waals surface area contributed by atoms with Crippen LogP contribution >= 0.6 is 34.8 Å². The highest BCUT2D eigenvalue weighted by Crippen LogP contribution is 2.23. The molecule has 1 amide bonds. The molecule has 1 heterocycles. The third-order valence-corrected chi connectivity index (χ3v) is 4.11. The summed E-state index contributed by atoms with van der Waals surface area (Å²) in [5.74, 6) is 0.353. The number of hydrogen-bond donors (Lipinski definition) is 1. The Labute approximate surface area is 152 Å². The molecule has 8 heteroatoms. The van der Waals surface area contributed by atoms with E-state index < -0.39 is 0 Å². The minimum Gasteiger partial charge on any atom is -0.343 e. The van der Waals surface area contributed by atoms with Crippen molar-refractivity contribution in [1.82, 2.24) is 15.5 Å². The zero-order chi connectivity index (χ0) is 17.1. The monoisotopic (exact) mass is 381 g/mol. The number of carbonyl (C=O) groups excluding carboxylic acids is 1. The molecule has 0 aliphatic heterocycles. The predicted molar refractivity (Wildman–Crippen MR) is 92.4 cm³/mol. The predicted octanol–water partition coefficient (Wildman–Crippen LogP) is 4.63. The van der Waals surface area contributed by atoms with Crippen LogP contribution < -0.4 is 5.32 Å². The van der Waals surface area contributed by atoms with Crippen molar-refractivity contribution in [2.24, 2.45) is 0 Å². The first kappa shape index (κ1) is 16.8. The van der Waals surface area contributed by atoms with Crippen molar-refractivity contribution in [3.63, 3.8) is 0 Å². The molecule has 1 aromatic heterocycles. The molecule has 24 heavy (non-hydrogen) atoms. The topological polar surface area (TPSA) is 68.0 Å². The lowest BCUT2D eigenvalue weighted by atomic mass is 10.2. The number of nitrogens with one attached hydrogen (secondary N) is 1. The molecule has 0 bridgehead atoms. The third kappa shape index (κ3) is 3.87. The molecular formula is C16H10Cl3N3O2. The Morgan fingerprint density at radius 2 is 1.92 bits per heavy atom.